The number of likely N-dealkylation sites (N-methyl/N-ethyl adjacent to an activating group) is 1. The van der Waals surface area contributed by atoms with E-state index in [1.165, 1.54) is 17.0 Å². The Hall–Kier alpha value is -3.35. The van der Waals surface area contributed by atoms with Crippen molar-refractivity contribution in [3.63, 3.8) is 0 Å². The van der Waals surface area contributed by atoms with Crippen molar-refractivity contribution in [1.82, 2.24) is 9.80 Å². The van der Waals surface area contributed by atoms with E-state index in [1.54, 1.807) is 6.92 Å². The topological polar surface area (TPSA) is 161 Å². The molecule has 0 spiro atoms. The summed E-state index contributed by atoms with van der Waals surface area (Å²) < 4.78 is 28.1. The van der Waals surface area contributed by atoms with Gasteiger partial charge in [0, 0.05) is 18.7 Å². The molecule has 0 aromatic heterocycles. The molecule has 1 saturated heterocycles. The first-order valence-electron chi connectivity index (χ1n) is 9.34. The van der Waals surface area contributed by atoms with Crippen LogP contribution in [0.4, 0.5) is 5.69 Å². The largest absolute Gasteiger partial charge is 0.454 e. The van der Waals surface area contributed by atoms with Crippen LogP contribution in [0.1, 0.15) is 34.1 Å². The molecule has 0 aliphatic carbocycles. The Kier molecular flexibility index (Phi) is 6.06. The maximum Gasteiger partial charge on any atom is 0.326 e. The second-order valence-corrected chi connectivity index (χ2v) is 9.28. The molecular formula is C18H19N3O9S. The fourth-order valence-corrected chi connectivity index (χ4v) is 5.40. The lowest BCUT2D eigenvalue weighted by atomic mass is 10.1. The van der Waals surface area contributed by atoms with Gasteiger partial charge in [0.25, 0.3) is 23.4 Å². The number of ether oxygens (including phenoxy) is 1. The monoisotopic (exact) mass is 453 g/mol. The van der Waals surface area contributed by atoms with Gasteiger partial charge in [-0.1, -0.05) is 6.07 Å². The van der Waals surface area contributed by atoms with Crippen molar-refractivity contribution < 1.29 is 37.3 Å². The normalized spacial score (nSPS) is 19.3. The zero-order valence-electron chi connectivity index (χ0n) is 16.5. The molecule has 2 aliphatic rings. The van der Waals surface area contributed by atoms with Crippen molar-refractivity contribution in [3.05, 3.63) is 39.4 Å². The molecule has 2 aliphatic heterocycles. The lowest BCUT2D eigenvalue weighted by molar-refractivity contribution is -0.385. The molecule has 1 aromatic carbocycles. The highest BCUT2D eigenvalue weighted by Crippen LogP contribution is 2.30. The smallest absolute Gasteiger partial charge is 0.326 e. The maximum atomic E-state index is 12.5. The third kappa shape index (κ3) is 4.40. The summed E-state index contributed by atoms with van der Waals surface area (Å²) in [5.41, 5.74) is -1.14. The number of amides is 3. The summed E-state index contributed by atoms with van der Waals surface area (Å²) in [6, 6.07) is 3.07. The van der Waals surface area contributed by atoms with Crippen LogP contribution in [0.2, 0.25) is 0 Å². The van der Waals surface area contributed by atoms with Gasteiger partial charge in [0.05, 0.1) is 22.0 Å². The van der Waals surface area contributed by atoms with E-state index in [4.69, 9.17) is 4.74 Å². The maximum absolute atomic E-state index is 12.5. The van der Waals surface area contributed by atoms with Crippen LogP contribution in [-0.4, -0.2) is 84.1 Å². The minimum Gasteiger partial charge on any atom is -0.454 e. The highest BCUT2D eigenvalue weighted by Gasteiger charge is 2.42. The molecule has 0 saturated carbocycles. The molecule has 0 N–H and O–H groups in total. The number of rotatable bonds is 7. The van der Waals surface area contributed by atoms with Gasteiger partial charge in [-0.25, -0.2) is 8.42 Å². The average molecular weight is 453 g/mol. The quantitative estimate of drug-likeness (QED) is 0.235. The third-order valence-corrected chi connectivity index (χ3v) is 6.88. The molecule has 1 aromatic rings. The summed E-state index contributed by atoms with van der Waals surface area (Å²) in [6.07, 6.45) is 0.295. The molecule has 1 atom stereocenters. The number of nitro benzene ring substituents is 1. The van der Waals surface area contributed by atoms with E-state index in [2.05, 4.69) is 0 Å². The second-order valence-electron chi connectivity index (χ2n) is 7.05. The molecule has 1 fully saturated rings. The summed E-state index contributed by atoms with van der Waals surface area (Å²) in [7, 11) is -3.21. The number of sulfone groups is 1. The Labute approximate surface area is 176 Å². The van der Waals surface area contributed by atoms with Crippen LogP contribution in [0.3, 0.4) is 0 Å². The molecule has 2 heterocycles. The molecule has 3 amide bonds. The lowest BCUT2D eigenvalue weighted by Crippen LogP contribution is -2.44. The van der Waals surface area contributed by atoms with Gasteiger partial charge in [0.2, 0.25) is 0 Å². The van der Waals surface area contributed by atoms with Crippen LogP contribution in [0.25, 0.3) is 0 Å². The Bertz CT molecular complexity index is 1080. The predicted octanol–water partition coefficient (Wildman–Crippen LogP) is -0.230. The number of carbonyl (C=O) groups excluding carboxylic acids is 4. The Morgan fingerprint density at radius 1 is 1.29 bits per heavy atom. The van der Waals surface area contributed by atoms with Crippen LogP contribution in [0.5, 0.6) is 0 Å². The molecular weight excluding hydrogens is 434 g/mol. The SMILES string of the molecule is CCN(C(=O)COC(=O)CN1C(=O)c2cccc([N+](=O)[O-])c2C1=O)C1CCS(=O)(=O)C1. The first kappa shape index (κ1) is 22.3. The van der Waals surface area contributed by atoms with Crippen molar-refractivity contribution in [2.24, 2.45) is 0 Å². The van der Waals surface area contributed by atoms with E-state index in [0.29, 0.717) is 11.3 Å². The molecule has 1 unspecified atom stereocenters. The van der Waals surface area contributed by atoms with Crippen LogP contribution < -0.4 is 0 Å². The number of nitrogens with zero attached hydrogens (tertiary/aromatic N) is 3. The van der Waals surface area contributed by atoms with E-state index < -0.39 is 68.9 Å². The van der Waals surface area contributed by atoms with Gasteiger partial charge in [0.15, 0.2) is 16.4 Å². The Balaban J connectivity index is 1.62. The van der Waals surface area contributed by atoms with Gasteiger partial charge < -0.3 is 9.64 Å². The first-order valence-corrected chi connectivity index (χ1v) is 11.2. The average Bonchev–Trinajstić information content (AvgIpc) is 3.19. The van der Waals surface area contributed by atoms with Crippen molar-refractivity contribution >= 4 is 39.2 Å². The Morgan fingerprint density at radius 3 is 2.58 bits per heavy atom. The minimum atomic E-state index is -3.21. The van der Waals surface area contributed by atoms with Crippen molar-refractivity contribution in [2.45, 2.75) is 19.4 Å². The van der Waals surface area contributed by atoms with Crippen LogP contribution >= 0.6 is 0 Å². The van der Waals surface area contributed by atoms with Crippen LogP contribution in [-0.2, 0) is 24.2 Å². The number of carbonyl (C=O) groups is 4. The van der Waals surface area contributed by atoms with Crippen molar-refractivity contribution in [1.29, 1.82) is 0 Å². The standard InChI is InChI=1S/C18H19N3O9S/c1-2-19(11-6-7-31(28,29)10-11)14(22)9-30-15(23)8-20-17(24)12-4-3-5-13(21(26)27)16(12)18(20)25/h3-5,11H,2,6-10H2,1H3. The number of fused-ring (bicyclic) bond motifs is 1. The minimum absolute atomic E-state index is 0.0207. The highest BCUT2D eigenvalue weighted by molar-refractivity contribution is 7.91. The molecule has 31 heavy (non-hydrogen) atoms. The van der Waals surface area contributed by atoms with Gasteiger partial charge in [-0.2, -0.15) is 0 Å². The summed E-state index contributed by atoms with van der Waals surface area (Å²) >= 11 is 0. The number of benzene rings is 1. The highest BCUT2D eigenvalue weighted by atomic mass is 32.2. The van der Waals surface area contributed by atoms with Crippen molar-refractivity contribution in [2.75, 3.05) is 31.2 Å². The lowest BCUT2D eigenvalue weighted by Gasteiger charge is -2.26. The zero-order valence-corrected chi connectivity index (χ0v) is 17.3. The number of hydrogen-bond acceptors (Lipinski definition) is 9. The summed E-state index contributed by atoms with van der Waals surface area (Å²) in [6.45, 7) is 0.377. The number of esters is 1. The van der Waals surface area contributed by atoms with E-state index >= 15 is 0 Å². The van der Waals surface area contributed by atoms with Gasteiger partial charge in [-0.3, -0.25) is 34.2 Å². The molecule has 13 heteroatoms. The predicted molar refractivity (Wildman–Crippen MR) is 104 cm³/mol. The van der Waals surface area contributed by atoms with Gasteiger partial charge in [-0.05, 0) is 19.4 Å². The van der Waals surface area contributed by atoms with E-state index in [0.717, 1.165) is 6.07 Å². The fourth-order valence-electron chi connectivity index (χ4n) is 3.67. The Morgan fingerprint density at radius 2 is 2.00 bits per heavy atom. The number of nitro groups is 1. The van der Waals surface area contributed by atoms with Gasteiger partial charge >= 0.3 is 5.97 Å². The van der Waals surface area contributed by atoms with Crippen LogP contribution in [0, 0.1) is 10.1 Å². The molecule has 3 rings (SSSR count). The summed E-state index contributed by atoms with van der Waals surface area (Å²) in [4.78, 5) is 61.5. The zero-order chi connectivity index (χ0) is 22.9. The van der Waals surface area contributed by atoms with Crippen molar-refractivity contribution in [3.8, 4) is 0 Å². The number of hydrogen-bond donors (Lipinski definition) is 0. The molecule has 0 radical (unpaired) electrons. The summed E-state index contributed by atoms with van der Waals surface area (Å²) in [5.74, 6) is -3.71. The first-order chi connectivity index (χ1) is 14.6. The molecule has 0 bridgehead atoms. The number of imide groups is 1. The van der Waals surface area contributed by atoms with Gasteiger partial charge in [0.1, 0.15) is 12.1 Å². The van der Waals surface area contributed by atoms with Gasteiger partial charge in [-0.15, -0.1) is 0 Å². The molecule has 166 valence electrons. The third-order valence-electron chi connectivity index (χ3n) is 5.13. The van der Waals surface area contributed by atoms with E-state index in [-0.39, 0.29) is 23.6 Å². The van der Waals surface area contributed by atoms with Crippen LogP contribution in [0.15, 0.2) is 18.2 Å². The fraction of sp³-hybridized carbons (Fsp3) is 0.444. The summed E-state index contributed by atoms with van der Waals surface area (Å²) in [5, 5.41) is 11.1. The van der Waals surface area contributed by atoms with E-state index in [9.17, 15) is 37.7 Å². The van der Waals surface area contributed by atoms with E-state index in [1.807, 2.05) is 0 Å². The second kappa shape index (κ2) is 8.41. The molecule has 12 nitrogen and oxygen atoms in total.